The molecule has 1 aromatic carbocycles. The summed E-state index contributed by atoms with van der Waals surface area (Å²) in [6.45, 7) is 2.62. The molecule has 0 saturated heterocycles. The normalized spacial score (nSPS) is 9.85. The average Bonchev–Trinajstić information content (AvgIpc) is 2.47. The van der Waals surface area contributed by atoms with Crippen molar-refractivity contribution in [3.8, 4) is 11.8 Å². The predicted octanol–water partition coefficient (Wildman–Crippen LogP) is 2.92. The van der Waals surface area contributed by atoms with E-state index in [4.69, 9.17) is 10.00 Å². The van der Waals surface area contributed by atoms with E-state index >= 15 is 0 Å². The summed E-state index contributed by atoms with van der Waals surface area (Å²) in [7, 11) is 1.67. The number of anilines is 1. The average molecular weight is 267 g/mol. The SMILES string of the molecule is COc1ccccc1CCNc1cc(C#N)cc(C)n1. The summed E-state index contributed by atoms with van der Waals surface area (Å²) < 4.78 is 5.32. The van der Waals surface area contributed by atoms with E-state index in [9.17, 15) is 0 Å². The van der Waals surface area contributed by atoms with E-state index in [1.165, 1.54) is 0 Å². The lowest BCUT2D eigenvalue weighted by molar-refractivity contribution is 0.410. The monoisotopic (exact) mass is 267 g/mol. The van der Waals surface area contributed by atoms with Crippen LogP contribution < -0.4 is 10.1 Å². The molecule has 0 aliphatic heterocycles. The van der Waals surface area contributed by atoms with Gasteiger partial charge in [0.25, 0.3) is 0 Å². The third-order valence-electron chi connectivity index (χ3n) is 2.98. The molecule has 2 rings (SSSR count). The quantitative estimate of drug-likeness (QED) is 0.905. The molecular formula is C16H17N3O. The van der Waals surface area contributed by atoms with Crippen molar-refractivity contribution in [3.05, 3.63) is 53.2 Å². The van der Waals surface area contributed by atoms with Crippen LogP contribution in [0.25, 0.3) is 0 Å². The van der Waals surface area contributed by atoms with Crippen molar-refractivity contribution in [2.24, 2.45) is 0 Å². The summed E-state index contributed by atoms with van der Waals surface area (Å²) >= 11 is 0. The maximum Gasteiger partial charge on any atom is 0.127 e. The number of pyridine rings is 1. The number of hydrogen-bond donors (Lipinski definition) is 1. The zero-order valence-corrected chi connectivity index (χ0v) is 11.7. The second-order valence-electron chi connectivity index (χ2n) is 4.48. The number of nitrogens with one attached hydrogen (secondary N) is 1. The molecule has 1 N–H and O–H groups in total. The Balaban J connectivity index is 1.99. The second-order valence-corrected chi connectivity index (χ2v) is 4.48. The van der Waals surface area contributed by atoms with Gasteiger partial charge in [-0.1, -0.05) is 18.2 Å². The molecule has 0 spiro atoms. The number of benzene rings is 1. The van der Waals surface area contributed by atoms with Crippen molar-refractivity contribution < 1.29 is 4.74 Å². The number of aryl methyl sites for hydroxylation is 1. The minimum absolute atomic E-state index is 0.622. The highest BCUT2D eigenvalue weighted by Gasteiger charge is 2.03. The van der Waals surface area contributed by atoms with Gasteiger partial charge in [-0.15, -0.1) is 0 Å². The van der Waals surface area contributed by atoms with Crippen LogP contribution in [0.5, 0.6) is 5.75 Å². The van der Waals surface area contributed by atoms with E-state index in [-0.39, 0.29) is 0 Å². The summed E-state index contributed by atoms with van der Waals surface area (Å²) in [5, 5.41) is 12.2. The fourth-order valence-electron chi connectivity index (χ4n) is 2.06. The van der Waals surface area contributed by atoms with Crippen LogP contribution in [-0.2, 0) is 6.42 Å². The smallest absolute Gasteiger partial charge is 0.127 e. The first-order chi connectivity index (χ1) is 9.72. The highest BCUT2D eigenvalue weighted by Crippen LogP contribution is 2.18. The molecule has 4 heteroatoms. The second kappa shape index (κ2) is 6.58. The predicted molar refractivity (Wildman–Crippen MR) is 78.9 cm³/mol. The van der Waals surface area contributed by atoms with Crippen molar-refractivity contribution >= 4 is 5.82 Å². The van der Waals surface area contributed by atoms with Crippen molar-refractivity contribution in [2.45, 2.75) is 13.3 Å². The molecule has 0 saturated carbocycles. The van der Waals surface area contributed by atoms with Crippen molar-refractivity contribution in [2.75, 3.05) is 19.0 Å². The van der Waals surface area contributed by atoms with E-state index < -0.39 is 0 Å². The molecular weight excluding hydrogens is 250 g/mol. The van der Waals surface area contributed by atoms with Gasteiger partial charge in [-0.25, -0.2) is 4.98 Å². The Hall–Kier alpha value is -2.54. The van der Waals surface area contributed by atoms with Gasteiger partial charge in [0.15, 0.2) is 0 Å². The Morgan fingerprint density at radius 1 is 1.30 bits per heavy atom. The molecule has 0 radical (unpaired) electrons. The van der Waals surface area contributed by atoms with E-state index in [0.717, 1.165) is 35.8 Å². The summed E-state index contributed by atoms with van der Waals surface area (Å²) in [6.07, 6.45) is 0.835. The fraction of sp³-hybridized carbons (Fsp3) is 0.250. The van der Waals surface area contributed by atoms with Gasteiger partial charge >= 0.3 is 0 Å². The number of rotatable bonds is 5. The Bertz CT molecular complexity index is 632. The highest BCUT2D eigenvalue weighted by molar-refractivity contribution is 5.44. The van der Waals surface area contributed by atoms with Crippen molar-refractivity contribution in [1.29, 1.82) is 5.26 Å². The zero-order valence-electron chi connectivity index (χ0n) is 11.7. The standard InChI is InChI=1S/C16H17N3O/c1-12-9-13(11-17)10-16(19-12)18-8-7-14-5-3-4-6-15(14)20-2/h3-6,9-10H,7-8H2,1-2H3,(H,18,19). The molecule has 4 nitrogen and oxygen atoms in total. The summed E-state index contributed by atoms with van der Waals surface area (Å²) in [5.41, 5.74) is 2.61. The molecule has 1 aromatic heterocycles. The first-order valence-electron chi connectivity index (χ1n) is 6.47. The lowest BCUT2D eigenvalue weighted by atomic mass is 10.1. The van der Waals surface area contributed by atoms with E-state index in [1.54, 1.807) is 19.2 Å². The van der Waals surface area contributed by atoms with Gasteiger partial charge in [0.05, 0.1) is 18.7 Å². The molecule has 0 amide bonds. The van der Waals surface area contributed by atoms with Crippen LogP contribution in [0.2, 0.25) is 0 Å². The number of nitriles is 1. The molecule has 0 aliphatic rings. The number of methoxy groups -OCH3 is 1. The lowest BCUT2D eigenvalue weighted by Crippen LogP contribution is -2.07. The Morgan fingerprint density at radius 2 is 2.10 bits per heavy atom. The lowest BCUT2D eigenvalue weighted by Gasteiger charge is -2.10. The summed E-state index contributed by atoms with van der Waals surface area (Å²) in [4.78, 5) is 4.36. The number of hydrogen-bond acceptors (Lipinski definition) is 4. The van der Waals surface area contributed by atoms with Gasteiger partial charge in [0.1, 0.15) is 11.6 Å². The highest BCUT2D eigenvalue weighted by atomic mass is 16.5. The van der Waals surface area contributed by atoms with E-state index in [0.29, 0.717) is 5.56 Å². The molecule has 0 aliphatic carbocycles. The minimum Gasteiger partial charge on any atom is -0.496 e. The molecule has 0 bridgehead atoms. The molecule has 2 aromatic rings. The van der Waals surface area contributed by atoms with E-state index in [2.05, 4.69) is 16.4 Å². The van der Waals surface area contributed by atoms with Gasteiger partial charge in [-0.3, -0.25) is 0 Å². The van der Waals surface area contributed by atoms with Crippen molar-refractivity contribution in [1.82, 2.24) is 4.98 Å². The molecule has 102 valence electrons. The van der Waals surface area contributed by atoms with E-state index in [1.807, 2.05) is 31.2 Å². The first kappa shape index (κ1) is 13.9. The number of aromatic nitrogens is 1. The summed E-state index contributed by atoms with van der Waals surface area (Å²) in [6, 6.07) is 13.6. The number of para-hydroxylation sites is 1. The molecule has 0 unspecified atom stereocenters. The van der Waals surface area contributed by atoms with Gasteiger partial charge in [-0.2, -0.15) is 5.26 Å². The maximum atomic E-state index is 8.94. The van der Waals surface area contributed by atoms with Crippen LogP contribution >= 0.6 is 0 Å². The van der Waals surface area contributed by atoms with Gasteiger partial charge < -0.3 is 10.1 Å². The van der Waals surface area contributed by atoms with Crippen LogP contribution in [0.15, 0.2) is 36.4 Å². The van der Waals surface area contributed by atoms with Gasteiger partial charge in [-0.05, 0) is 37.1 Å². The topological polar surface area (TPSA) is 57.9 Å². The molecule has 20 heavy (non-hydrogen) atoms. The number of ether oxygens (including phenoxy) is 1. The Labute approximate surface area is 119 Å². The van der Waals surface area contributed by atoms with Crippen LogP contribution in [0, 0.1) is 18.3 Å². The largest absolute Gasteiger partial charge is 0.496 e. The van der Waals surface area contributed by atoms with Crippen LogP contribution in [0.3, 0.4) is 0 Å². The Morgan fingerprint density at radius 3 is 2.85 bits per heavy atom. The maximum absolute atomic E-state index is 8.94. The first-order valence-corrected chi connectivity index (χ1v) is 6.47. The third-order valence-corrected chi connectivity index (χ3v) is 2.98. The fourth-order valence-corrected chi connectivity index (χ4v) is 2.06. The van der Waals surface area contributed by atoms with Gasteiger partial charge in [0, 0.05) is 12.2 Å². The summed E-state index contributed by atoms with van der Waals surface area (Å²) in [5.74, 6) is 1.63. The molecule has 0 atom stereocenters. The Kier molecular flexibility index (Phi) is 4.56. The van der Waals surface area contributed by atoms with Crippen LogP contribution in [0.4, 0.5) is 5.82 Å². The van der Waals surface area contributed by atoms with Crippen LogP contribution in [-0.4, -0.2) is 18.6 Å². The molecule has 0 fully saturated rings. The minimum atomic E-state index is 0.622. The third kappa shape index (κ3) is 3.48. The number of nitrogens with zero attached hydrogens (tertiary/aromatic N) is 2. The van der Waals surface area contributed by atoms with Crippen LogP contribution in [0.1, 0.15) is 16.8 Å². The molecule has 1 heterocycles. The zero-order chi connectivity index (χ0) is 14.4. The van der Waals surface area contributed by atoms with Gasteiger partial charge in [0.2, 0.25) is 0 Å². The van der Waals surface area contributed by atoms with Crippen molar-refractivity contribution in [3.63, 3.8) is 0 Å².